The van der Waals surface area contributed by atoms with Crippen LogP contribution in [-0.2, 0) is 22.4 Å². The van der Waals surface area contributed by atoms with Crippen LogP contribution in [-0.4, -0.2) is 46.3 Å². The molecule has 0 spiro atoms. The number of carbonyl (C=O) groups is 2. The first-order chi connectivity index (χ1) is 31.4. The van der Waals surface area contributed by atoms with Crippen molar-refractivity contribution in [2.45, 2.75) is 70.0 Å². The lowest BCUT2D eigenvalue weighted by Gasteiger charge is -2.39. The highest BCUT2D eigenvalue weighted by atomic mass is 16.3. The minimum Gasteiger partial charge on any atom is -0.387 e. The average Bonchev–Trinajstić information content (AvgIpc) is 3.31. The summed E-state index contributed by atoms with van der Waals surface area (Å²) in [7, 11) is 0. The van der Waals surface area contributed by atoms with Crippen LogP contribution in [0.1, 0.15) is 73.9 Å². The molecule has 0 heterocycles. The molecule has 0 aliphatic rings. The summed E-state index contributed by atoms with van der Waals surface area (Å²) in [4.78, 5) is 28.2. The van der Waals surface area contributed by atoms with Crippen LogP contribution in [0, 0.1) is 27.7 Å². The Balaban J connectivity index is 1.11. The van der Waals surface area contributed by atoms with E-state index in [-0.39, 0.29) is 25.9 Å². The molecule has 8 aromatic carbocycles. The fraction of sp³-hybridized carbons (Fsp3) is 0.220. The highest BCUT2D eigenvalue weighted by Gasteiger charge is 2.43. The van der Waals surface area contributed by atoms with Gasteiger partial charge < -0.3 is 20.8 Å². The summed E-state index contributed by atoms with van der Waals surface area (Å²) in [6.45, 7) is 7.92. The van der Waals surface area contributed by atoms with Crippen LogP contribution in [0.25, 0.3) is 21.5 Å². The molecule has 0 aliphatic carbocycles. The van der Waals surface area contributed by atoms with Gasteiger partial charge in [0.05, 0.1) is 11.2 Å². The van der Waals surface area contributed by atoms with E-state index >= 15 is 0 Å². The zero-order valence-corrected chi connectivity index (χ0v) is 37.7. The van der Waals surface area contributed by atoms with Gasteiger partial charge in [-0.2, -0.15) is 0 Å². The molecular weight excluding hydrogens is 801 g/mol. The van der Waals surface area contributed by atoms with Gasteiger partial charge in [-0.25, -0.2) is 0 Å². The molecule has 8 aromatic rings. The smallest absolute Gasteiger partial charge is 0.229 e. The van der Waals surface area contributed by atoms with Crippen molar-refractivity contribution in [3.63, 3.8) is 0 Å². The summed E-state index contributed by atoms with van der Waals surface area (Å²) in [5.41, 5.74) is 6.77. The third-order valence-corrected chi connectivity index (χ3v) is 13.4. The van der Waals surface area contributed by atoms with Crippen molar-refractivity contribution in [2.24, 2.45) is 0 Å². The summed E-state index contributed by atoms with van der Waals surface area (Å²) in [6, 6.07) is 60.8. The molecule has 6 heteroatoms. The maximum atomic E-state index is 14.1. The number of rotatable bonds is 16. The molecule has 6 nitrogen and oxygen atoms in total. The van der Waals surface area contributed by atoms with E-state index in [1.165, 1.54) is 0 Å². The van der Waals surface area contributed by atoms with Crippen LogP contribution in [0.2, 0.25) is 0 Å². The first-order valence-corrected chi connectivity index (χ1v) is 22.6. The number of hydrogen-bond donors (Lipinski definition) is 4. The number of nitrogens with one attached hydrogen (secondary N) is 2. The summed E-state index contributed by atoms with van der Waals surface area (Å²) < 4.78 is 0. The quantitative estimate of drug-likeness (QED) is 0.0728. The molecule has 4 N–H and O–H groups in total. The molecule has 0 radical (unpaired) electrons. The van der Waals surface area contributed by atoms with Crippen molar-refractivity contribution in [3.8, 4) is 0 Å². The lowest BCUT2D eigenvalue weighted by atomic mass is 9.71. The standard InChI is InChI=1S/C59H58N2O4/c1-40-19-5-9-25-46(40)36-58(64,56(48-29-13-7-21-42(48)3)52-33-17-27-44-23-11-15-31-50(44)52)38-60-54(62)35-55(63)61-39-59(65,37-47-26-10-6-20-41(47)2)57(49-30-14-8-22-43(49)4)53-34-18-28-45-24-12-16-32-51(45)53/h5-34,56-57,64-65H,35-39H2,1-4H3,(H,60,62)(H,61,63). The zero-order chi connectivity index (χ0) is 45.6. The summed E-state index contributed by atoms with van der Waals surface area (Å²) in [5.74, 6) is -2.15. The number of amides is 2. The highest BCUT2D eigenvalue weighted by Crippen LogP contribution is 2.43. The largest absolute Gasteiger partial charge is 0.387 e. The highest BCUT2D eigenvalue weighted by molar-refractivity contribution is 5.97. The second-order valence-electron chi connectivity index (χ2n) is 17.9. The summed E-state index contributed by atoms with van der Waals surface area (Å²) in [5, 5.41) is 36.8. The van der Waals surface area contributed by atoms with E-state index in [1.54, 1.807) is 0 Å². The van der Waals surface area contributed by atoms with E-state index in [0.717, 1.165) is 77.2 Å². The third kappa shape index (κ3) is 9.80. The Morgan fingerprint density at radius 2 is 0.738 bits per heavy atom. The lowest BCUT2D eigenvalue weighted by molar-refractivity contribution is -0.130. The fourth-order valence-electron chi connectivity index (χ4n) is 9.90. The van der Waals surface area contributed by atoms with E-state index < -0.39 is 41.3 Å². The van der Waals surface area contributed by atoms with E-state index in [1.807, 2.05) is 123 Å². The molecule has 4 unspecified atom stereocenters. The molecule has 0 saturated heterocycles. The van der Waals surface area contributed by atoms with Gasteiger partial charge in [0.2, 0.25) is 11.8 Å². The Hall–Kier alpha value is -6.86. The molecule has 0 saturated carbocycles. The number of aryl methyl sites for hydroxylation is 4. The second-order valence-corrected chi connectivity index (χ2v) is 17.9. The average molecular weight is 859 g/mol. The Morgan fingerprint density at radius 3 is 1.14 bits per heavy atom. The van der Waals surface area contributed by atoms with E-state index in [0.29, 0.717) is 0 Å². The fourth-order valence-corrected chi connectivity index (χ4v) is 9.90. The van der Waals surface area contributed by atoms with Crippen molar-refractivity contribution in [2.75, 3.05) is 13.1 Å². The van der Waals surface area contributed by atoms with Crippen LogP contribution in [0.15, 0.2) is 182 Å². The lowest BCUT2D eigenvalue weighted by Crippen LogP contribution is -2.51. The number of benzene rings is 8. The molecule has 0 aliphatic heterocycles. The normalized spacial score (nSPS) is 14.2. The molecule has 8 rings (SSSR count). The second kappa shape index (κ2) is 19.5. The molecule has 0 bridgehead atoms. The van der Waals surface area contributed by atoms with Crippen molar-refractivity contribution in [3.05, 3.63) is 238 Å². The van der Waals surface area contributed by atoms with Gasteiger partial charge >= 0.3 is 0 Å². The van der Waals surface area contributed by atoms with Crippen molar-refractivity contribution in [1.82, 2.24) is 10.6 Å². The van der Waals surface area contributed by atoms with Crippen LogP contribution < -0.4 is 10.6 Å². The SMILES string of the molecule is Cc1ccccc1CC(O)(CNC(=O)CC(=O)NCC(O)(Cc1ccccc1C)C(c1ccccc1C)c1cccc2ccccc12)C(c1ccccc1C)c1cccc2ccccc12. The minimum absolute atomic E-state index is 0.122. The number of aliphatic hydroxyl groups is 2. The Kier molecular flexibility index (Phi) is 13.4. The van der Waals surface area contributed by atoms with E-state index in [4.69, 9.17) is 0 Å². The van der Waals surface area contributed by atoms with Crippen molar-refractivity contribution < 1.29 is 19.8 Å². The maximum absolute atomic E-state index is 14.1. The van der Waals surface area contributed by atoms with E-state index in [2.05, 4.69) is 97.3 Å². The Labute approximate surface area is 383 Å². The first-order valence-electron chi connectivity index (χ1n) is 22.6. The summed E-state index contributed by atoms with van der Waals surface area (Å²) >= 11 is 0. The molecular formula is C59H58N2O4. The van der Waals surface area contributed by atoms with E-state index in [9.17, 15) is 19.8 Å². The molecule has 328 valence electrons. The minimum atomic E-state index is -1.53. The zero-order valence-electron chi connectivity index (χ0n) is 37.7. The molecule has 0 fully saturated rings. The van der Waals surface area contributed by atoms with Gasteiger partial charge in [-0.1, -0.05) is 182 Å². The Bertz CT molecular complexity index is 2770. The number of carbonyl (C=O) groups excluding carboxylic acids is 2. The number of hydrogen-bond acceptors (Lipinski definition) is 4. The summed E-state index contributed by atoms with van der Waals surface area (Å²) in [6.07, 6.45) is -0.00296. The molecule has 65 heavy (non-hydrogen) atoms. The third-order valence-electron chi connectivity index (χ3n) is 13.4. The van der Waals surface area contributed by atoms with Gasteiger partial charge in [0.1, 0.15) is 6.42 Å². The van der Waals surface area contributed by atoms with Crippen molar-refractivity contribution >= 4 is 33.4 Å². The molecule has 0 aromatic heterocycles. The van der Waals surface area contributed by atoms with Gasteiger partial charge in [0.25, 0.3) is 0 Å². The van der Waals surface area contributed by atoms with Crippen LogP contribution in [0.5, 0.6) is 0 Å². The maximum Gasteiger partial charge on any atom is 0.229 e. The van der Waals surface area contributed by atoms with Crippen LogP contribution in [0.3, 0.4) is 0 Å². The monoisotopic (exact) mass is 858 g/mol. The predicted molar refractivity (Wildman–Crippen MR) is 264 cm³/mol. The molecule has 4 atom stereocenters. The van der Waals surface area contributed by atoms with Crippen LogP contribution >= 0.6 is 0 Å². The predicted octanol–water partition coefficient (Wildman–Crippen LogP) is 10.8. The van der Waals surface area contributed by atoms with Gasteiger partial charge in [-0.3, -0.25) is 9.59 Å². The van der Waals surface area contributed by atoms with Gasteiger partial charge in [0.15, 0.2) is 0 Å². The number of fused-ring (bicyclic) bond motifs is 2. The Morgan fingerprint density at radius 1 is 0.415 bits per heavy atom. The van der Waals surface area contributed by atoms with Crippen LogP contribution in [0.4, 0.5) is 0 Å². The molecule has 2 amide bonds. The van der Waals surface area contributed by atoms with Gasteiger partial charge in [-0.15, -0.1) is 0 Å². The van der Waals surface area contributed by atoms with Gasteiger partial charge in [0, 0.05) is 37.8 Å². The first kappa shape index (κ1) is 44.7. The van der Waals surface area contributed by atoms with Gasteiger partial charge in [-0.05, 0) is 105 Å². The van der Waals surface area contributed by atoms with Crippen molar-refractivity contribution in [1.29, 1.82) is 0 Å². The topological polar surface area (TPSA) is 98.7 Å².